The van der Waals surface area contributed by atoms with E-state index >= 15 is 0 Å². The summed E-state index contributed by atoms with van der Waals surface area (Å²) in [5.41, 5.74) is 6.95. The molecule has 0 amide bonds. The van der Waals surface area contributed by atoms with Crippen LogP contribution in [0.3, 0.4) is 0 Å². The Morgan fingerprint density at radius 1 is 0.895 bits per heavy atom. The average molecular weight is 309 g/mol. The predicted molar refractivity (Wildman–Crippen MR) is 84.8 cm³/mol. The zero-order chi connectivity index (χ0) is 12.8. The van der Waals surface area contributed by atoms with E-state index in [1.165, 1.54) is 38.6 Å². The molecule has 0 heterocycles. The Morgan fingerprint density at radius 3 is 2.74 bits per heavy atom. The van der Waals surface area contributed by atoms with Gasteiger partial charge in [0, 0.05) is 5.33 Å². The molecule has 1 aliphatic carbocycles. The van der Waals surface area contributed by atoms with Gasteiger partial charge in [-0.15, -0.1) is 0 Å². The average Bonchev–Trinajstić information content (AvgIpc) is 2.45. The number of fused-ring (bicyclic) bond motifs is 5. The van der Waals surface area contributed by atoms with Crippen LogP contribution in [0.1, 0.15) is 16.7 Å². The topological polar surface area (TPSA) is 0 Å². The third-order valence-corrected chi connectivity index (χ3v) is 4.56. The molecule has 92 valence electrons. The summed E-state index contributed by atoms with van der Waals surface area (Å²) in [6.07, 6.45) is 1.05. The summed E-state index contributed by atoms with van der Waals surface area (Å²) in [5, 5.41) is 3.59. The maximum absolute atomic E-state index is 3.53. The van der Waals surface area contributed by atoms with Crippen molar-refractivity contribution in [2.75, 3.05) is 0 Å². The molecule has 0 spiro atoms. The highest BCUT2D eigenvalue weighted by molar-refractivity contribution is 9.08. The van der Waals surface area contributed by atoms with Crippen molar-refractivity contribution >= 4 is 26.7 Å². The molecule has 19 heavy (non-hydrogen) atoms. The van der Waals surface area contributed by atoms with E-state index in [0.29, 0.717) is 0 Å². The van der Waals surface area contributed by atoms with Crippen LogP contribution in [0.15, 0.2) is 54.6 Å². The molecular formula is C18H13Br. The van der Waals surface area contributed by atoms with Gasteiger partial charge in [0.1, 0.15) is 0 Å². The van der Waals surface area contributed by atoms with Crippen LogP contribution in [0.5, 0.6) is 0 Å². The third kappa shape index (κ3) is 1.81. The number of halogens is 1. The fourth-order valence-electron chi connectivity index (χ4n) is 2.96. The zero-order valence-corrected chi connectivity index (χ0v) is 12.1. The van der Waals surface area contributed by atoms with Crippen LogP contribution in [0, 0.1) is 0 Å². The first-order valence-corrected chi connectivity index (χ1v) is 7.66. The molecule has 3 aromatic carbocycles. The largest absolute Gasteiger partial charge is 0.0876 e. The third-order valence-electron chi connectivity index (χ3n) is 3.91. The molecule has 0 atom stereocenters. The van der Waals surface area contributed by atoms with Gasteiger partial charge in [0.15, 0.2) is 0 Å². The molecule has 0 nitrogen and oxygen atoms in total. The Balaban J connectivity index is 2.00. The van der Waals surface area contributed by atoms with Crippen LogP contribution < -0.4 is 0 Å². The number of rotatable bonds is 1. The summed E-state index contributed by atoms with van der Waals surface area (Å²) in [6.45, 7) is 0. The maximum atomic E-state index is 3.53. The lowest BCUT2D eigenvalue weighted by atomic mass is 9.86. The minimum atomic E-state index is 0.916. The van der Waals surface area contributed by atoms with Crippen LogP contribution >= 0.6 is 15.9 Å². The second-order valence-corrected chi connectivity index (χ2v) is 5.76. The highest BCUT2D eigenvalue weighted by atomic mass is 79.9. The minimum absolute atomic E-state index is 0.916. The van der Waals surface area contributed by atoms with E-state index in [9.17, 15) is 0 Å². The zero-order valence-electron chi connectivity index (χ0n) is 10.5. The maximum Gasteiger partial charge on any atom is 0.0283 e. The molecule has 0 saturated heterocycles. The Morgan fingerprint density at radius 2 is 1.84 bits per heavy atom. The van der Waals surface area contributed by atoms with Gasteiger partial charge in [0.25, 0.3) is 0 Å². The monoisotopic (exact) mass is 308 g/mol. The van der Waals surface area contributed by atoms with E-state index in [1.807, 2.05) is 0 Å². The molecule has 0 fully saturated rings. The minimum Gasteiger partial charge on any atom is -0.0876 e. The van der Waals surface area contributed by atoms with Crippen molar-refractivity contribution in [1.29, 1.82) is 0 Å². The molecule has 1 aliphatic rings. The van der Waals surface area contributed by atoms with Gasteiger partial charge in [-0.3, -0.25) is 0 Å². The summed E-state index contributed by atoms with van der Waals surface area (Å²) >= 11 is 3.53. The van der Waals surface area contributed by atoms with Crippen LogP contribution in [0.2, 0.25) is 0 Å². The van der Waals surface area contributed by atoms with Gasteiger partial charge >= 0.3 is 0 Å². The van der Waals surface area contributed by atoms with Gasteiger partial charge in [-0.05, 0) is 51.1 Å². The quantitative estimate of drug-likeness (QED) is 0.418. The second-order valence-electron chi connectivity index (χ2n) is 5.20. The second kappa shape index (κ2) is 4.21. The van der Waals surface area contributed by atoms with Gasteiger partial charge in [0.2, 0.25) is 0 Å². The molecule has 0 N–H and O–H groups in total. The lowest BCUT2D eigenvalue weighted by Gasteiger charge is -2.18. The number of hydrogen-bond donors (Lipinski definition) is 0. The first-order chi connectivity index (χ1) is 9.33. The van der Waals surface area contributed by atoms with Crippen LogP contribution in [-0.4, -0.2) is 0 Å². The van der Waals surface area contributed by atoms with Crippen molar-refractivity contribution in [3.63, 3.8) is 0 Å². The Kier molecular flexibility index (Phi) is 2.49. The van der Waals surface area contributed by atoms with E-state index < -0.39 is 0 Å². The van der Waals surface area contributed by atoms with Crippen molar-refractivity contribution in [3.8, 4) is 11.1 Å². The summed E-state index contributed by atoms with van der Waals surface area (Å²) in [5.74, 6) is 0. The van der Waals surface area contributed by atoms with E-state index in [2.05, 4.69) is 70.5 Å². The van der Waals surface area contributed by atoms with Crippen molar-refractivity contribution in [3.05, 3.63) is 71.3 Å². The lowest BCUT2D eigenvalue weighted by molar-refractivity contribution is 1.18. The van der Waals surface area contributed by atoms with Gasteiger partial charge in [-0.1, -0.05) is 64.5 Å². The highest BCUT2D eigenvalue weighted by Gasteiger charge is 2.13. The molecule has 0 saturated carbocycles. The Labute approximate surface area is 121 Å². The molecule has 0 aliphatic heterocycles. The molecular weight excluding hydrogens is 296 g/mol. The summed E-state index contributed by atoms with van der Waals surface area (Å²) < 4.78 is 0. The van der Waals surface area contributed by atoms with Crippen molar-refractivity contribution in [1.82, 2.24) is 0 Å². The van der Waals surface area contributed by atoms with E-state index in [4.69, 9.17) is 0 Å². The fraction of sp³-hybridized carbons (Fsp3) is 0.111. The van der Waals surface area contributed by atoms with Gasteiger partial charge in [-0.25, -0.2) is 0 Å². The van der Waals surface area contributed by atoms with Crippen molar-refractivity contribution in [2.45, 2.75) is 11.8 Å². The molecule has 0 radical (unpaired) electrons. The Hall–Kier alpha value is -1.60. The first kappa shape index (κ1) is 11.2. The smallest absolute Gasteiger partial charge is 0.0283 e. The Bertz CT molecular complexity index is 787. The fourth-order valence-corrected chi connectivity index (χ4v) is 3.31. The first-order valence-electron chi connectivity index (χ1n) is 6.54. The molecule has 0 unspecified atom stereocenters. The van der Waals surface area contributed by atoms with Gasteiger partial charge < -0.3 is 0 Å². The van der Waals surface area contributed by atoms with Gasteiger partial charge in [0.05, 0.1) is 0 Å². The molecule has 3 aromatic rings. The van der Waals surface area contributed by atoms with Crippen molar-refractivity contribution in [2.24, 2.45) is 0 Å². The van der Waals surface area contributed by atoms with Crippen LogP contribution in [0.25, 0.3) is 21.9 Å². The molecule has 0 aromatic heterocycles. The molecule has 4 rings (SSSR count). The number of alkyl halides is 1. The number of hydrogen-bond acceptors (Lipinski definition) is 0. The molecule has 1 heteroatoms. The summed E-state index contributed by atoms with van der Waals surface area (Å²) in [6, 6.07) is 20.3. The highest BCUT2D eigenvalue weighted by Crippen LogP contribution is 2.35. The van der Waals surface area contributed by atoms with E-state index in [0.717, 1.165) is 11.8 Å². The standard InChI is InChI=1S/C18H13Br/c19-11-13-4-5-14-10-18-15-3-1-2-12(6-15)7-17(18)9-16(14)8-13/h1-6,8-10H,7,11H2. The van der Waals surface area contributed by atoms with E-state index in [-0.39, 0.29) is 0 Å². The predicted octanol–water partition coefficient (Wildman–Crippen LogP) is 5.31. The normalized spacial score (nSPS) is 12.5. The van der Waals surface area contributed by atoms with Crippen molar-refractivity contribution < 1.29 is 0 Å². The van der Waals surface area contributed by atoms with Crippen LogP contribution in [-0.2, 0) is 11.8 Å². The summed E-state index contributed by atoms with van der Waals surface area (Å²) in [4.78, 5) is 0. The SMILES string of the molecule is BrCc1ccc2cc3c(cc2c1)Cc1cccc-3c1. The molecule has 2 bridgehead atoms. The van der Waals surface area contributed by atoms with Crippen LogP contribution in [0.4, 0.5) is 0 Å². The summed E-state index contributed by atoms with van der Waals surface area (Å²) in [7, 11) is 0. The lowest BCUT2D eigenvalue weighted by Crippen LogP contribution is -1.99. The number of benzene rings is 3. The van der Waals surface area contributed by atoms with E-state index in [1.54, 1.807) is 0 Å². The van der Waals surface area contributed by atoms with Gasteiger partial charge in [-0.2, -0.15) is 0 Å².